The van der Waals surface area contributed by atoms with E-state index < -0.39 is 70.0 Å². The van der Waals surface area contributed by atoms with Gasteiger partial charge in [0, 0.05) is 25.4 Å². The third-order valence-electron chi connectivity index (χ3n) is 8.44. The first-order valence-corrected chi connectivity index (χ1v) is 10.5. The maximum atomic E-state index is 13.4. The number of ether oxygens (including phenoxy) is 2. The van der Waals surface area contributed by atoms with Crippen LogP contribution in [0.4, 0.5) is 0 Å². The quantitative estimate of drug-likeness (QED) is 0.331. The van der Waals surface area contributed by atoms with Crippen LogP contribution in [0, 0.1) is 34.0 Å². The molecule has 0 amide bonds. The summed E-state index contributed by atoms with van der Waals surface area (Å²) in [5.41, 5.74) is -3.56. The van der Waals surface area contributed by atoms with Gasteiger partial charge in [-0.1, -0.05) is 20.4 Å². The van der Waals surface area contributed by atoms with Crippen LogP contribution < -0.4 is 0 Å². The molecule has 0 radical (unpaired) electrons. The lowest BCUT2D eigenvalue weighted by Crippen LogP contribution is -2.74. The van der Waals surface area contributed by atoms with Crippen molar-refractivity contribution in [3.63, 3.8) is 0 Å². The number of esters is 2. The first-order chi connectivity index (χ1) is 14.0. The minimum absolute atomic E-state index is 0.0680. The Morgan fingerprint density at radius 3 is 2.57 bits per heavy atom. The van der Waals surface area contributed by atoms with Gasteiger partial charge in [0.15, 0.2) is 11.2 Å². The second kappa shape index (κ2) is 6.61. The molecule has 1 saturated heterocycles. The average molecular weight is 422 g/mol. The largest absolute Gasteiger partial charge is 0.464 e. The first-order valence-electron chi connectivity index (χ1n) is 10.5. The smallest absolute Gasteiger partial charge is 0.323 e. The number of carbonyl (C=O) groups is 3. The molecule has 4 fully saturated rings. The number of fused-ring (bicyclic) bond motifs is 2. The summed E-state index contributed by atoms with van der Waals surface area (Å²) in [5.74, 6) is -4.37. The Morgan fingerprint density at radius 1 is 1.30 bits per heavy atom. The number of Topliss-reactive ketones (excluding diaryl/α,β-unsaturated/α-hetero) is 1. The van der Waals surface area contributed by atoms with E-state index in [2.05, 4.69) is 6.58 Å². The van der Waals surface area contributed by atoms with Gasteiger partial charge in [-0.25, -0.2) is 0 Å². The molecule has 166 valence electrons. The number of carbonyl (C=O) groups excluding carboxylic acids is 3. The van der Waals surface area contributed by atoms with Crippen LogP contribution in [0.15, 0.2) is 12.2 Å². The van der Waals surface area contributed by atoms with E-state index in [-0.39, 0.29) is 25.2 Å². The van der Waals surface area contributed by atoms with E-state index in [1.807, 2.05) is 13.8 Å². The van der Waals surface area contributed by atoms with Crippen LogP contribution in [-0.2, 0) is 23.9 Å². The molecule has 8 unspecified atom stereocenters. The van der Waals surface area contributed by atoms with E-state index in [9.17, 15) is 29.7 Å². The van der Waals surface area contributed by atoms with Gasteiger partial charge in [0.25, 0.3) is 0 Å². The van der Waals surface area contributed by atoms with E-state index in [0.29, 0.717) is 12.8 Å². The van der Waals surface area contributed by atoms with Crippen molar-refractivity contribution >= 4 is 17.7 Å². The molecule has 30 heavy (non-hydrogen) atoms. The fraction of sp³-hybridized carbons (Fsp3) is 0.773. The molecular formula is C22H30O8. The van der Waals surface area contributed by atoms with Crippen molar-refractivity contribution in [2.24, 2.45) is 34.0 Å². The molecule has 8 nitrogen and oxygen atoms in total. The lowest BCUT2D eigenvalue weighted by Gasteiger charge is -2.64. The zero-order chi connectivity index (χ0) is 22.2. The van der Waals surface area contributed by atoms with Crippen LogP contribution in [0.3, 0.4) is 0 Å². The van der Waals surface area contributed by atoms with Crippen molar-refractivity contribution in [3.05, 3.63) is 12.2 Å². The molecule has 8 atom stereocenters. The maximum Gasteiger partial charge on any atom is 0.323 e. The van der Waals surface area contributed by atoms with Gasteiger partial charge in [0.05, 0.1) is 17.6 Å². The molecule has 3 aliphatic carbocycles. The summed E-state index contributed by atoms with van der Waals surface area (Å²) >= 11 is 0. The Labute approximate surface area is 175 Å². The Hall–Kier alpha value is -1.77. The van der Waals surface area contributed by atoms with Gasteiger partial charge >= 0.3 is 11.9 Å². The summed E-state index contributed by atoms with van der Waals surface area (Å²) in [4.78, 5) is 38.4. The molecular weight excluding hydrogens is 392 g/mol. The van der Waals surface area contributed by atoms with Gasteiger partial charge in [0.1, 0.15) is 12.7 Å². The van der Waals surface area contributed by atoms with Gasteiger partial charge in [-0.2, -0.15) is 0 Å². The van der Waals surface area contributed by atoms with Gasteiger partial charge in [-0.3, -0.25) is 14.4 Å². The average Bonchev–Trinajstić information content (AvgIpc) is 2.77. The lowest BCUT2D eigenvalue weighted by molar-refractivity contribution is -0.275. The summed E-state index contributed by atoms with van der Waals surface area (Å²) in [6, 6.07) is 0. The second-order valence-electron chi connectivity index (χ2n) is 10.1. The van der Waals surface area contributed by atoms with Gasteiger partial charge in [-0.15, -0.1) is 0 Å². The van der Waals surface area contributed by atoms with Crippen molar-refractivity contribution < 1.29 is 39.2 Å². The fourth-order valence-corrected chi connectivity index (χ4v) is 7.19. The molecule has 3 N–H and O–H groups in total. The van der Waals surface area contributed by atoms with Crippen molar-refractivity contribution in [1.29, 1.82) is 0 Å². The monoisotopic (exact) mass is 422 g/mol. The minimum Gasteiger partial charge on any atom is -0.464 e. The van der Waals surface area contributed by atoms with Crippen molar-refractivity contribution in [2.75, 3.05) is 13.2 Å². The minimum atomic E-state index is -2.00. The van der Waals surface area contributed by atoms with Gasteiger partial charge in [-0.05, 0) is 36.2 Å². The number of rotatable bonds is 2. The highest BCUT2D eigenvalue weighted by atomic mass is 16.6. The summed E-state index contributed by atoms with van der Waals surface area (Å²) in [7, 11) is 0. The molecule has 0 aromatic heterocycles. The highest BCUT2D eigenvalue weighted by molar-refractivity contribution is 6.16. The van der Waals surface area contributed by atoms with E-state index in [0.717, 1.165) is 0 Å². The summed E-state index contributed by atoms with van der Waals surface area (Å²) < 4.78 is 11.2. The fourth-order valence-electron chi connectivity index (χ4n) is 7.19. The zero-order valence-corrected chi connectivity index (χ0v) is 17.6. The first kappa shape index (κ1) is 21.5. The molecule has 1 heterocycles. The molecule has 0 aromatic rings. The van der Waals surface area contributed by atoms with E-state index >= 15 is 0 Å². The third-order valence-corrected chi connectivity index (χ3v) is 8.44. The summed E-state index contributed by atoms with van der Waals surface area (Å²) in [6.07, 6.45) is -2.16. The second-order valence-corrected chi connectivity index (χ2v) is 10.1. The van der Waals surface area contributed by atoms with Crippen LogP contribution in [0.2, 0.25) is 0 Å². The molecule has 1 aliphatic heterocycles. The Balaban J connectivity index is 1.99. The Morgan fingerprint density at radius 2 is 1.97 bits per heavy atom. The number of aliphatic hydroxyl groups excluding tert-OH is 3. The van der Waals surface area contributed by atoms with Crippen LogP contribution in [0.1, 0.15) is 40.0 Å². The van der Waals surface area contributed by atoms with Crippen molar-refractivity contribution in [3.8, 4) is 0 Å². The number of aliphatic hydroxyl groups is 3. The van der Waals surface area contributed by atoms with E-state index in [1.54, 1.807) is 0 Å². The maximum absolute atomic E-state index is 13.4. The van der Waals surface area contributed by atoms with E-state index in [4.69, 9.17) is 9.47 Å². The third kappa shape index (κ3) is 2.35. The highest BCUT2D eigenvalue weighted by Crippen LogP contribution is 2.68. The predicted octanol–water partition coefficient (Wildman–Crippen LogP) is 0.373. The highest BCUT2D eigenvalue weighted by Gasteiger charge is 2.79. The SMILES string of the molecule is C=C1C(=O)C23C(=O)OCC4(C(OC(C)=O)CCC(C)(C)C4CO)C2C(O)CC1C3O. The lowest BCUT2D eigenvalue weighted by atomic mass is 9.43. The Kier molecular flexibility index (Phi) is 4.73. The molecule has 0 aromatic carbocycles. The predicted molar refractivity (Wildman–Crippen MR) is 103 cm³/mol. The number of ketones is 1. The molecule has 3 saturated carbocycles. The number of hydrogen-bond acceptors (Lipinski definition) is 8. The van der Waals surface area contributed by atoms with Crippen LogP contribution in [-0.4, -0.2) is 64.6 Å². The molecule has 2 spiro atoms. The molecule has 8 heteroatoms. The molecule has 4 rings (SSSR count). The zero-order valence-electron chi connectivity index (χ0n) is 17.6. The number of hydrogen-bond donors (Lipinski definition) is 3. The number of cyclic esters (lactones) is 1. The standard InChI is InChI=1S/C22H30O8/c1-10-12-7-13(25)16-21(9-29-19(28)22(16,17(10)26)18(12)27)14(8-23)20(3,4)6-5-15(21)30-11(2)24/h12-16,18,23,25,27H,1,5-9H2,2-4H3. The van der Waals surface area contributed by atoms with Gasteiger partial charge < -0.3 is 24.8 Å². The van der Waals surface area contributed by atoms with Crippen LogP contribution in [0.5, 0.6) is 0 Å². The van der Waals surface area contributed by atoms with Crippen LogP contribution in [0.25, 0.3) is 0 Å². The summed E-state index contributed by atoms with van der Waals surface area (Å²) in [5, 5.41) is 32.9. The van der Waals surface area contributed by atoms with Crippen LogP contribution >= 0.6 is 0 Å². The molecule has 4 aliphatic rings. The normalized spacial score (nSPS) is 47.1. The van der Waals surface area contributed by atoms with Gasteiger partial charge in [0.2, 0.25) is 0 Å². The van der Waals surface area contributed by atoms with Crippen molar-refractivity contribution in [2.45, 2.75) is 58.3 Å². The van der Waals surface area contributed by atoms with Crippen molar-refractivity contribution in [1.82, 2.24) is 0 Å². The van der Waals surface area contributed by atoms with E-state index in [1.165, 1.54) is 6.92 Å². The Bertz CT molecular complexity index is 818. The summed E-state index contributed by atoms with van der Waals surface area (Å²) in [6.45, 7) is 8.47. The molecule has 2 bridgehead atoms. The topological polar surface area (TPSA) is 130 Å².